The molecule has 0 aromatic heterocycles. The number of carbonyl (C=O) groups is 1. The fourth-order valence-electron chi connectivity index (χ4n) is 8.66. The van der Waals surface area contributed by atoms with E-state index in [1.54, 1.807) is 0 Å². The monoisotopic (exact) mass is 362 g/mol. The summed E-state index contributed by atoms with van der Waals surface area (Å²) in [5.74, 6) is 4.02. The number of carbonyl (C=O) groups excluding carboxylic acids is 1. The van der Waals surface area contributed by atoms with E-state index in [1.807, 2.05) is 0 Å². The lowest BCUT2D eigenvalue weighted by molar-refractivity contribution is -0.120. The zero-order valence-electron chi connectivity index (χ0n) is 18.7. The van der Waals surface area contributed by atoms with Crippen LogP contribution < -0.4 is 0 Å². The van der Waals surface area contributed by atoms with Crippen LogP contribution >= 0.6 is 0 Å². The first-order chi connectivity index (χ1) is 12.3. The van der Waals surface area contributed by atoms with Crippen molar-refractivity contribution in [2.75, 3.05) is 0 Å². The Morgan fingerprint density at radius 2 is 1.67 bits per heavy atom. The minimum Gasteiger partial charge on any atom is -0.393 e. The smallest absolute Gasteiger partial charge is 0.143 e. The van der Waals surface area contributed by atoms with Gasteiger partial charge in [0.2, 0.25) is 0 Å². The van der Waals surface area contributed by atoms with Crippen LogP contribution in [0.25, 0.3) is 0 Å². The van der Waals surface area contributed by atoms with Crippen LogP contribution in [-0.2, 0) is 4.79 Å². The SMILES string of the molecule is BC1=C2[C@H](CC(B)(B)C1=O)C1C(C3CC[C@H](O)[C@@]3(C)C[C@@H]1C)[C@H](C)C2(B)B. The van der Waals surface area contributed by atoms with Gasteiger partial charge in [0.15, 0.2) is 0 Å². The van der Waals surface area contributed by atoms with Crippen LogP contribution in [0, 0.1) is 40.9 Å². The average Bonchev–Trinajstić information content (AvgIpc) is 2.83. The highest BCUT2D eigenvalue weighted by Gasteiger charge is 2.63. The van der Waals surface area contributed by atoms with Gasteiger partial charge < -0.3 is 5.11 Å². The number of fused-ring (bicyclic) bond motifs is 5. The second-order valence-corrected chi connectivity index (χ2v) is 12.1. The number of allylic oxidation sites excluding steroid dienone is 1. The molecule has 7 heteroatoms. The summed E-state index contributed by atoms with van der Waals surface area (Å²) < 4.78 is 0. The molecule has 4 aliphatic rings. The Hall–Kier alpha value is -0.305. The van der Waals surface area contributed by atoms with E-state index in [0.717, 1.165) is 24.7 Å². The third-order valence-corrected chi connectivity index (χ3v) is 10.0. The molecule has 4 aliphatic carbocycles. The minimum atomic E-state index is -0.241. The summed E-state index contributed by atoms with van der Waals surface area (Å²) in [5, 5.41) is 10.7. The lowest BCUT2D eigenvalue weighted by atomic mass is 9.29. The molecule has 8 atom stereocenters. The third kappa shape index (κ3) is 2.45. The summed E-state index contributed by atoms with van der Waals surface area (Å²) in [6, 6.07) is 0. The van der Waals surface area contributed by atoms with Crippen molar-refractivity contribution < 1.29 is 9.90 Å². The Balaban J connectivity index is 1.88. The number of aliphatic hydroxyl groups excluding tert-OH is 1. The van der Waals surface area contributed by atoms with Crippen LogP contribution in [0.4, 0.5) is 0 Å². The van der Waals surface area contributed by atoms with Crippen LogP contribution in [0.2, 0.25) is 10.4 Å². The summed E-state index contributed by atoms with van der Waals surface area (Å²) in [4.78, 5) is 13.1. The van der Waals surface area contributed by atoms with Gasteiger partial charge in [0.05, 0.1) is 6.10 Å². The van der Waals surface area contributed by atoms with Crippen LogP contribution in [0.1, 0.15) is 46.5 Å². The third-order valence-electron chi connectivity index (χ3n) is 10.0. The van der Waals surface area contributed by atoms with Crippen molar-refractivity contribution in [1.29, 1.82) is 0 Å². The van der Waals surface area contributed by atoms with E-state index in [0.29, 0.717) is 41.3 Å². The Labute approximate surface area is 170 Å². The van der Waals surface area contributed by atoms with Gasteiger partial charge in [-0.25, -0.2) is 0 Å². The maximum Gasteiger partial charge on any atom is 0.143 e. The molecule has 0 bridgehead atoms. The van der Waals surface area contributed by atoms with Crippen molar-refractivity contribution in [3.63, 3.8) is 0 Å². The lowest BCUT2D eigenvalue weighted by Gasteiger charge is -2.64. The molecule has 0 aromatic rings. The molecule has 0 heterocycles. The molecule has 0 aromatic carbocycles. The van der Waals surface area contributed by atoms with Crippen molar-refractivity contribution in [2.45, 2.75) is 63.0 Å². The maximum absolute atomic E-state index is 13.1. The molecule has 0 saturated heterocycles. The van der Waals surface area contributed by atoms with Crippen LogP contribution in [-0.4, -0.2) is 56.2 Å². The summed E-state index contributed by atoms with van der Waals surface area (Å²) in [7, 11) is 11.2. The van der Waals surface area contributed by atoms with E-state index in [9.17, 15) is 9.90 Å². The highest BCUT2D eigenvalue weighted by atomic mass is 16.3. The summed E-state index contributed by atoms with van der Waals surface area (Å²) in [6.07, 6.45) is 4.17. The van der Waals surface area contributed by atoms with Gasteiger partial charge in [-0.3, -0.25) is 4.79 Å². The Morgan fingerprint density at radius 1 is 1.04 bits per heavy atom. The molecule has 3 unspecified atom stereocenters. The van der Waals surface area contributed by atoms with Crippen molar-refractivity contribution in [3.8, 4) is 0 Å². The molecule has 3 fully saturated rings. The molecule has 2 nitrogen and oxygen atoms in total. The highest BCUT2D eigenvalue weighted by Crippen LogP contribution is 2.69. The zero-order valence-corrected chi connectivity index (χ0v) is 18.7. The van der Waals surface area contributed by atoms with E-state index < -0.39 is 0 Å². The van der Waals surface area contributed by atoms with Gasteiger partial charge in [-0.2, -0.15) is 0 Å². The van der Waals surface area contributed by atoms with Gasteiger partial charge >= 0.3 is 0 Å². The average molecular weight is 362 g/mol. The van der Waals surface area contributed by atoms with Crippen molar-refractivity contribution >= 4 is 45.0 Å². The molecule has 0 spiro atoms. The van der Waals surface area contributed by atoms with Crippen molar-refractivity contribution in [1.82, 2.24) is 0 Å². The second kappa shape index (κ2) is 5.86. The van der Waals surface area contributed by atoms with E-state index in [-0.39, 0.29) is 21.9 Å². The number of hydrogen-bond donors (Lipinski definition) is 1. The normalized spacial score (nSPS) is 50.7. The topological polar surface area (TPSA) is 37.3 Å². The van der Waals surface area contributed by atoms with Crippen molar-refractivity contribution in [2.24, 2.45) is 40.9 Å². The molecular weight excluding hydrogens is 326 g/mol. The minimum absolute atomic E-state index is 0.0631. The maximum atomic E-state index is 13.1. The fraction of sp³-hybridized carbons (Fsp3) is 0.850. The first kappa shape index (κ1) is 20.0. The predicted molar refractivity (Wildman–Crippen MR) is 125 cm³/mol. The van der Waals surface area contributed by atoms with Gasteiger partial charge in [-0.1, -0.05) is 31.6 Å². The van der Waals surface area contributed by atoms with Crippen molar-refractivity contribution in [3.05, 3.63) is 11.0 Å². The van der Waals surface area contributed by atoms with Gasteiger partial charge in [-0.15, -0.1) is 0 Å². The summed E-state index contributed by atoms with van der Waals surface area (Å²) in [6.45, 7) is 7.25. The zero-order chi connectivity index (χ0) is 20.1. The van der Waals surface area contributed by atoms with Crippen LogP contribution in [0.5, 0.6) is 0 Å². The molecule has 0 radical (unpaired) electrons. The highest BCUT2D eigenvalue weighted by molar-refractivity contribution is 6.58. The molecule has 0 aliphatic heterocycles. The van der Waals surface area contributed by atoms with E-state index >= 15 is 0 Å². The van der Waals surface area contributed by atoms with Gasteiger partial charge in [0.25, 0.3) is 0 Å². The predicted octanol–water partition coefficient (Wildman–Crippen LogP) is -1.07. The van der Waals surface area contributed by atoms with Crippen LogP contribution in [0.3, 0.4) is 0 Å². The Morgan fingerprint density at radius 3 is 2.30 bits per heavy atom. The number of Topliss-reactive ketones (excluding diaryl/α,β-unsaturated/α-hetero) is 1. The number of aliphatic hydroxyl groups is 1. The van der Waals surface area contributed by atoms with Gasteiger partial charge in [0, 0.05) is 0 Å². The molecule has 27 heavy (non-hydrogen) atoms. The van der Waals surface area contributed by atoms with E-state index in [2.05, 4.69) is 60.0 Å². The van der Waals surface area contributed by atoms with E-state index in [4.69, 9.17) is 0 Å². The van der Waals surface area contributed by atoms with E-state index in [1.165, 1.54) is 12.0 Å². The Bertz CT molecular complexity index is 717. The summed E-state index contributed by atoms with van der Waals surface area (Å²) >= 11 is 0. The molecule has 142 valence electrons. The molecule has 3 saturated carbocycles. The molecule has 1 N–H and O–H groups in total. The number of rotatable bonds is 0. The second-order valence-electron chi connectivity index (χ2n) is 12.1. The molecule has 0 amide bonds. The van der Waals surface area contributed by atoms with Crippen LogP contribution in [0.15, 0.2) is 11.0 Å². The summed E-state index contributed by atoms with van der Waals surface area (Å²) in [5.41, 5.74) is 2.63. The molecule has 4 rings (SSSR count). The number of hydrogen-bond acceptors (Lipinski definition) is 2. The molecular formula is C20H35B5O2. The lowest BCUT2D eigenvalue weighted by Crippen LogP contribution is -2.58. The standard InChI is InChI=1S/C20H35B5O2/c1-8-6-18(3)11(4-5-12(18)26)14-9(2)20(24,25)15-10(13(8)14)7-19(22,23)17(27)16(15)21/h8-14,26H,4-7,21-25H2,1-3H3/t8-,9-,10+,11?,12-,13?,14?,18-/m0/s1. The first-order valence-corrected chi connectivity index (χ1v) is 11.3. The van der Waals surface area contributed by atoms with Gasteiger partial charge in [0.1, 0.15) is 45.0 Å². The Kier molecular flexibility index (Phi) is 4.34. The van der Waals surface area contributed by atoms with Gasteiger partial charge in [-0.05, 0) is 77.3 Å². The number of ketones is 1. The quantitative estimate of drug-likeness (QED) is 0.558. The fourth-order valence-corrected chi connectivity index (χ4v) is 8.66. The largest absolute Gasteiger partial charge is 0.393 e. The first-order valence-electron chi connectivity index (χ1n) is 11.3.